The number of aliphatic hydroxyl groups excluding tert-OH is 1. The molecule has 1 fully saturated rings. The third kappa shape index (κ3) is 4.94. The number of hydrogen-bond acceptors (Lipinski definition) is 8. The molecule has 1 aromatic carbocycles. The molecule has 9 nitrogen and oxygen atoms in total. The number of nitrogens with one attached hydrogen (secondary N) is 2. The van der Waals surface area contributed by atoms with Crippen molar-refractivity contribution in [2.45, 2.75) is 52.2 Å². The van der Waals surface area contributed by atoms with Gasteiger partial charge in [0, 0.05) is 33.8 Å². The molecule has 0 saturated carbocycles. The second-order valence-electron chi connectivity index (χ2n) is 8.35. The minimum absolute atomic E-state index is 0.175. The summed E-state index contributed by atoms with van der Waals surface area (Å²) in [4.78, 5) is 29.5. The van der Waals surface area contributed by atoms with Gasteiger partial charge in [-0.25, -0.2) is 20.3 Å². The highest BCUT2D eigenvalue weighted by atomic mass is 35.5. The minimum Gasteiger partial charge on any atom is -0.389 e. The maximum atomic E-state index is 13.5. The molecule has 0 bridgehead atoms. The number of carbonyl (C=O) groups excluding carboxylic acids is 1. The molecule has 3 aliphatic rings. The van der Waals surface area contributed by atoms with Crippen LogP contribution >= 0.6 is 11.6 Å². The maximum absolute atomic E-state index is 13.5. The van der Waals surface area contributed by atoms with Gasteiger partial charge in [0.25, 0.3) is 5.91 Å². The monoisotopic (exact) mass is 487 g/mol. The smallest absolute Gasteiger partial charge is 0.260 e. The number of ether oxygens (including phenoxy) is 1. The normalized spacial score (nSPS) is 28.4. The summed E-state index contributed by atoms with van der Waals surface area (Å²) < 4.78 is 5.31. The van der Waals surface area contributed by atoms with Crippen LogP contribution in [0.1, 0.15) is 38.8 Å². The molecule has 4 unspecified atom stereocenters. The predicted molar refractivity (Wildman–Crippen MR) is 131 cm³/mol. The number of allylic oxidation sites excluding steroid dienone is 1. The Morgan fingerprint density at radius 1 is 1.44 bits per heavy atom. The van der Waals surface area contributed by atoms with Crippen molar-refractivity contribution in [3.8, 4) is 0 Å². The number of hydrogen-bond donors (Lipinski definition) is 3. The van der Waals surface area contributed by atoms with Crippen molar-refractivity contribution in [1.29, 1.82) is 0 Å². The van der Waals surface area contributed by atoms with E-state index in [4.69, 9.17) is 26.2 Å². The zero-order chi connectivity index (χ0) is 24.4. The van der Waals surface area contributed by atoms with Gasteiger partial charge in [-0.05, 0) is 39.8 Å². The molecule has 3 N–H and O–H groups in total. The number of benzene rings is 1. The highest BCUT2D eigenvalue weighted by Crippen LogP contribution is 2.32. The lowest BCUT2D eigenvalue weighted by Gasteiger charge is -2.31. The van der Waals surface area contributed by atoms with Gasteiger partial charge in [-0.1, -0.05) is 29.8 Å². The molecule has 0 aromatic heterocycles. The Kier molecular flexibility index (Phi) is 7.49. The van der Waals surface area contributed by atoms with E-state index in [1.807, 2.05) is 52.0 Å². The predicted octanol–water partition coefficient (Wildman–Crippen LogP) is 2.25. The summed E-state index contributed by atoms with van der Waals surface area (Å²) in [6.07, 6.45) is 2.58. The number of hydroxylamine groups is 1. The van der Waals surface area contributed by atoms with Gasteiger partial charge in [-0.15, -0.1) is 0 Å². The van der Waals surface area contributed by atoms with Crippen molar-refractivity contribution in [3.05, 3.63) is 52.1 Å². The van der Waals surface area contributed by atoms with Crippen molar-refractivity contribution >= 4 is 34.8 Å². The van der Waals surface area contributed by atoms with E-state index in [1.165, 1.54) is 0 Å². The summed E-state index contributed by atoms with van der Waals surface area (Å²) >= 11 is 6.62. The van der Waals surface area contributed by atoms with Crippen LogP contribution in [-0.2, 0) is 14.4 Å². The number of halogens is 1. The minimum atomic E-state index is -0.573. The second kappa shape index (κ2) is 10.4. The number of amidine groups is 2. The molecule has 3 heterocycles. The van der Waals surface area contributed by atoms with E-state index in [9.17, 15) is 9.90 Å². The van der Waals surface area contributed by atoms with Gasteiger partial charge < -0.3 is 9.84 Å². The number of aliphatic imine (C=N–C) groups is 2. The summed E-state index contributed by atoms with van der Waals surface area (Å²) in [5.41, 5.74) is 5.52. The lowest BCUT2D eigenvalue weighted by Crippen LogP contribution is -2.46. The highest BCUT2D eigenvalue weighted by molar-refractivity contribution is 6.37. The number of amides is 1. The quantitative estimate of drug-likeness (QED) is 0.568. The van der Waals surface area contributed by atoms with Gasteiger partial charge in [0.1, 0.15) is 5.84 Å². The first-order valence-corrected chi connectivity index (χ1v) is 11.8. The van der Waals surface area contributed by atoms with Crippen LogP contribution in [0.4, 0.5) is 0 Å². The SMILES string of the molecule is C/C=C1/C=C(c2ccc(C3=NC(C)ON3)cc2Cl)C(=O)N(CC)/C1=N/C(C)NC1COCC1O. The molecule has 0 aliphatic carbocycles. The van der Waals surface area contributed by atoms with E-state index in [-0.39, 0.29) is 24.3 Å². The Labute approximate surface area is 204 Å². The average molecular weight is 488 g/mol. The molecule has 182 valence electrons. The molecule has 4 rings (SSSR count). The van der Waals surface area contributed by atoms with Gasteiger partial charge in [-0.3, -0.25) is 15.0 Å². The maximum Gasteiger partial charge on any atom is 0.260 e. The van der Waals surface area contributed by atoms with E-state index >= 15 is 0 Å². The summed E-state index contributed by atoms with van der Waals surface area (Å²) in [5.74, 6) is 1.00. The van der Waals surface area contributed by atoms with Crippen LogP contribution in [0.2, 0.25) is 5.02 Å². The van der Waals surface area contributed by atoms with Gasteiger partial charge in [0.05, 0.1) is 31.5 Å². The van der Waals surface area contributed by atoms with Crippen molar-refractivity contribution in [3.63, 3.8) is 0 Å². The van der Waals surface area contributed by atoms with E-state index in [0.29, 0.717) is 47.6 Å². The fraction of sp³-hybridized carbons (Fsp3) is 0.458. The number of carbonyl (C=O) groups is 1. The number of nitrogens with zero attached hydrogens (tertiary/aromatic N) is 3. The Bertz CT molecular complexity index is 1080. The van der Waals surface area contributed by atoms with Gasteiger partial charge >= 0.3 is 0 Å². The number of rotatable bonds is 6. The van der Waals surface area contributed by atoms with Crippen LogP contribution in [0.3, 0.4) is 0 Å². The second-order valence-corrected chi connectivity index (χ2v) is 8.76. The molecule has 10 heteroatoms. The van der Waals surface area contributed by atoms with E-state index in [2.05, 4.69) is 15.8 Å². The first-order valence-electron chi connectivity index (χ1n) is 11.4. The number of aliphatic hydroxyl groups is 1. The summed E-state index contributed by atoms with van der Waals surface area (Å²) in [6, 6.07) is 5.26. The Hall–Kier alpha value is -2.56. The summed E-state index contributed by atoms with van der Waals surface area (Å²) in [6.45, 7) is 8.72. The zero-order valence-electron chi connectivity index (χ0n) is 19.7. The Morgan fingerprint density at radius 3 is 2.82 bits per heavy atom. The molecule has 34 heavy (non-hydrogen) atoms. The van der Waals surface area contributed by atoms with Crippen LogP contribution < -0.4 is 10.8 Å². The van der Waals surface area contributed by atoms with Gasteiger partial charge in [0.2, 0.25) is 0 Å². The summed E-state index contributed by atoms with van der Waals surface area (Å²) in [7, 11) is 0. The van der Waals surface area contributed by atoms with Crippen LogP contribution in [0.15, 0.2) is 45.9 Å². The molecule has 1 saturated heterocycles. The largest absolute Gasteiger partial charge is 0.389 e. The van der Waals surface area contributed by atoms with Crippen molar-refractivity contribution in [2.24, 2.45) is 9.98 Å². The fourth-order valence-corrected chi connectivity index (χ4v) is 4.43. The lowest BCUT2D eigenvalue weighted by atomic mass is 9.95. The molecule has 0 radical (unpaired) electrons. The Morgan fingerprint density at radius 2 is 2.24 bits per heavy atom. The standard InChI is InChI=1S/C24H30ClN5O4/c1-5-15-9-18(17-8-7-16(10-19(17)25)22-28-14(4)34-29-22)24(32)30(6-2)23(15)27-13(3)26-20-11-33-12-21(20)31/h5,7-10,13-14,20-21,26,31H,6,11-12H2,1-4H3,(H,28,29)/b15-5-,27-23+. The first kappa shape index (κ1) is 24.6. The van der Waals surface area contributed by atoms with Crippen molar-refractivity contribution in [1.82, 2.24) is 15.7 Å². The molecule has 1 amide bonds. The average Bonchev–Trinajstić information content (AvgIpc) is 3.42. The number of likely N-dealkylation sites (N-methyl/N-ethyl adjacent to an activating group) is 1. The Balaban J connectivity index is 1.63. The molecule has 4 atom stereocenters. The summed E-state index contributed by atoms with van der Waals surface area (Å²) in [5, 5.41) is 13.7. The highest BCUT2D eigenvalue weighted by Gasteiger charge is 2.32. The van der Waals surface area contributed by atoms with Crippen LogP contribution in [0.25, 0.3) is 5.57 Å². The van der Waals surface area contributed by atoms with E-state index in [1.54, 1.807) is 11.0 Å². The van der Waals surface area contributed by atoms with E-state index < -0.39 is 6.10 Å². The molecule has 1 aromatic rings. The topological polar surface area (TPSA) is 108 Å². The van der Waals surface area contributed by atoms with Crippen molar-refractivity contribution in [2.75, 3.05) is 19.8 Å². The molecular weight excluding hydrogens is 458 g/mol. The molecular formula is C24H30ClN5O4. The molecule has 0 spiro atoms. The van der Waals surface area contributed by atoms with E-state index in [0.717, 1.165) is 11.1 Å². The van der Waals surface area contributed by atoms with Gasteiger partial charge in [-0.2, -0.15) is 0 Å². The zero-order valence-corrected chi connectivity index (χ0v) is 20.5. The lowest BCUT2D eigenvalue weighted by molar-refractivity contribution is -0.121. The molecule has 3 aliphatic heterocycles. The third-order valence-electron chi connectivity index (χ3n) is 5.91. The van der Waals surface area contributed by atoms with Gasteiger partial charge in [0.15, 0.2) is 12.1 Å². The third-order valence-corrected chi connectivity index (χ3v) is 6.22. The fourth-order valence-electron chi connectivity index (χ4n) is 4.14. The van der Waals surface area contributed by atoms with Crippen molar-refractivity contribution < 1.29 is 19.5 Å². The first-order chi connectivity index (χ1) is 16.3. The van der Waals surface area contributed by atoms with Crippen LogP contribution in [0.5, 0.6) is 0 Å². The van der Waals surface area contributed by atoms with Crippen LogP contribution in [-0.4, -0.2) is 71.9 Å². The van der Waals surface area contributed by atoms with Crippen LogP contribution in [0, 0.1) is 0 Å².